The fourth-order valence-corrected chi connectivity index (χ4v) is 2.36. The average Bonchev–Trinajstić information content (AvgIpc) is 3.04. The third-order valence-electron chi connectivity index (χ3n) is 3.23. The summed E-state index contributed by atoms with van der Waals surface area (Å²) in [6, 6.07) is 9.35. The van der Waals surface area contributed by atoms with Crippen LogP contribution in [0.2, 0.25) is 0 Å². The Labute approximate surface area is 129 Å². The molecule has 3 heterocycles. The number of hydrogen-bond donors (Lipinski definition) is 1. The van der Waals surface area contributed by atoms with Crippen molar-refractivity contribution in [3.05, 3.63) is 42.8 Å². The number of fused-ring (bicyclic) bond motifs is 1. The SMILES string of the molecule is CC(C)(C)CC(=O)Nc1c(-c2ccco2)nc2ccccn12. The smallest absolute Gasteiger partial charge is 0.226 e. The quantitative estimate of drug-likeness (QED) is 0.795. The molecule has 0 saturated heterocycles. The third kappa shape index (κ3) is 2.88. The highest BCUT2D eigenvalue weighted by Crippen LogP contribution is 2.30. The second-order valence-electron chi connectivity index (χ2n) is 6.50. The van der Waals surface area contributed by atoms with Gasteiger partial charge < -0.3 is 9.73 Å². The van der Waals surface area contributed by atoms with E-state index in [1.54, 1.807) is 12.3 Å². The van der Waals surface area contributed by atoms with Gasteiger partial charge in [-0.05, 0) is 29.7 Å². The van der Waals surface area contributed by atoms with Crippen molar-refractivity contribution in [3.63, 3.8) is 0 Å². The van der Waals surface area contributed by atoms with E-state index in [1.807, 2.05) is 55.6 Å². The van der Waals surface area contributed by atoms with Crippen molar-refractivity contribution in [1.82, 2.24) is 9.38 Å². The van der Waals surface area contributed by atoms with Crippen LogP contribution < -0.4 is 5.32 Å². The van der Waals surface area contributed by atoms with Gasteiger partial charge in [0.1, 0.15) is 17.2 Å². The van der Waals surface area contributed by atoms with E-state index in [2.05, 4.69) is 10.3 Å². The van der Waals surface area contributed by atoms with E-state index in [1.165, 1.54) is 0 Å². The fourth-order valence-electron chi connectivity index (χ4n) is 2.36. The summed E-state index contributed by atoms with van der Waals surface area (Å²) in [6.07, 6.45) is 3.91. The Balaban J connectivity index is 2.03. The first kappa shape index (κ1) is 14.4. The second kappa shape index (κ2) is 5.33. The van der Waals surface area contributed by atoms with Crippen molar-refractivity contribution in [2.45, 2.75) is 27.2 Å². The first-order chi connectivity index (χ1) is 10.4. The van der Waals surface area contributed by atoms with Gasteiger partial charge in [0, 0.05) is 12.6 Å². The Morgan fingerprint density at radius 3 is 2.77 bits per heavy atom. The summed E-state index contributed by atoms with van der Waals surface area (Å²) >= 11 is 0. The van der Waals surface area contributed by atoms with Crippen LogP contribution in [-0.4, -0.2) is 15.3 Å². The van der Waals surface area contributed by atoms with Gasteiger partial charge in [0.15, 0.2) is 5.76 Å². The summed E-state index contributed by atoms with van der Waals surface area (Å²) in [4.78, 5) is 16.9. The predicted molar refractivity (Wildman–Crippen MR) is 85.6 cm³/mol. The zero-order valence-electron chi connectivity index (χ0n) is 13.0. The van der Waals surface area contributed by atoms with Crippen molar-refractivity contribution in [2.24, 2.45) is 5.41 Å². The lowest BCUT2D eigenvalue weighted by atomic mass is 9.92. The second-order valence-corrected chi connectivity index (χ2v) is 6.50. The fraction of sp³-hybridized carbons (Fsp3) is 0.294. The van der Waals surface area contributed by atoms with Crippen LogP contribution in [0, 0.1) is 5.41 Å². The molecule has 0 radical (unpaired) electrons. The molecule has 0 fully saturated rings. The molecule has 3 aromatic heterocycles. The lowest BCUT2D eigenvalue weighted by Crippen LogP contribution is -2.20. The molecule has 3 rings (SSSR count). The number of amides is 1. The van der Waals surface area contributed by atoms with E-state index in [4.69, 9.17) is 4.42 Å². The lowest BCUT2D eigenvalue weighted by Gasteiger charge is -2.17. The number of nitrogens with zero attached hydrogens (tertiary/aromatic N) is 2. The highest BCUT2D eigenvalue weighted by Gasteiger charge is 2.21. The van der Waals surface area contributed by atoms with Crippen LogP contribution in [0.4, 0.5) is 5.82 Å². The molecule has 0 spiro atoms. The normalized spacial score (nSPS) is 11.8. The lowest BCUT2D eigenvalue weighted by molar-refractivity contribution is -0.117. The topological polar surface area (TPSA) is 59.5 Å². The van der Waals surface area contributed by atoms with E-state index in [0.29, 0.717) is 23.7 Å². The minimum atomic E-state index is -0.0740. The molecule has 0 saturated carbocycles. The number of anilines is 1. The van der Waals surface area contributed by atoms with Gasteiger partial charge in [-0.1, -0.05) is 26.8 Å². The number of carbonyl (C=O) groups is 1. The van der Waals surface area contributed by atoms with Gasteiger partial charge >= 0.3 is 0 Å². The Kier molecular flexibility index (Phi) is 3.48. The number of rotatable bonds is 3. The van der Waals surface area contributed by atoms with Crippen LogP contribution >= 0.6 is 0 Å². The first-order valence-corrected chi connectivity index (χ1v) is 7.25. The monoisotopic (exact) mass is 297 g/mol. The average molecular weight is 297 g/mol. The number of imidazole rings is 1. The summed E-state index contributed by atoms with van der Waals surface area (Å²) in [5.41, 5.74) is 1.33. The molecule has 5 nitrogen and oxygen atoms in total. The van der Waals surface area contributed by atoms with Crippen LogP contribution in [0.3, 0.4) is 0 Å². The van der Waals surface area contributed by atoms with Crippen molar-refractivity contribution in [2.75, 3.05) is 5.32 Å². The van der Waals surface area contributed by atoms with E-state index < -0.39 is 0 Å². The molecule has 22 heavy (non-hydrogen) atoms. The van der Waals surface area contributed by atoms with Gasteiger partial charge in [-0.3, -0.25) is 9.20 Å². The number of pyridine rings is 1. The molecule has 0 aromatic carbocycles. The largest absolute Gasteiger partial charge is 0.463 e. The van der Waals surface area contributed by atoms with Crippen molar-refractivity contribution in [3.8, 4) is 11.5 Å². The number of furan rings is 1. The van der Waals surface area contributed by atoms with Crippen LogP contribution in [0.25, 0.3) is 17.1 Å². The van der Waals surface area contributed by atoms with Gasteiger partial charge in [0.25, 0.3) is 0 Å². The summed E-state index contributed by atoms with van der Waals surface area (Å²) in [6.45, 7) is 6.11. The molecule has 1 N–H and O–H groups in total. The molecule has 0 atom stereocenters. The summed E-state index contributed by atoms with van der Waals surface area (Å²) < 4.78 is 7.30. The molecule has 0 unspecified atom stereocenters. The number of carbonyl (C=O) groups excluding carboxylic acids is 1. The maximum atomic E-state index is 12.3. The molecule has 3 aromatic rings. The summed E-state index contributed by atoms with van der Waals surface area (Å²) in [5, 5.41) is 2.98. The van der Waals surface area contributed by atoms with Gasteiger partial charge in [0.05, 0.1) is 6.26 Å². The third-order valence-corrected chi connectivity index (χ3v) is 3.23. The Bertz CT molecular complexity index is 795. The van der Waals surface area contributed by atoms with Crippen molar-refractivity contribution in [1.29, 1.82) is 0 Å². The molecule has 0 aliphatic heterocycles. The maximum Gasteiger partial charge on any atom is 0.226 e. The van der Waals surface area contributed by atoms with E-state index in [-0.39, 0.29) is 11.3 Å². The van der Waals surface area contributed by atoms with Gasteiger partial charge in [-0.25, -0.2) is 4.98 Å². The Morgan fingerprint density at radius 2 is 2.09 bits per heavy atom. The minimum absolute atomic E-state index is 0.0361. The van der Waals surface area contributed by atoms with Crippen LogP contribution in [0.1, 0.15) is 27.2 Å². The molecule has 0 aliphatic rings. The number of hydrogen-bond acceptors (Lipinski definition) is 3. The molecule has 0 aliphatic carbocycles. The minimum Gasteiger partial charge on any atom is -0.463 e. The molecular weight excluding hydrogens is 278 g/mol. The van der Waals surface area contributed by atoms with Crippen LogP contribution in [0.5, 0.6) is 0 Å². The molecule has 1 amide bonds. The van der Waals surface area contributed by atoms with Crippen molar-refractivity contribution < 1.29 is 9.21 Å². The molecular formula is C17H19N3O2. The summed E-state index contributed by atoms with van der Waals surface area (Å²) in [7, 11) is 0. The van der Waals surface area contributed by atoms with E-state index >= 15 is 0 Å². The number of nitrogens with one attached hydrogen (secondary N) is 1. The standard InChI is InChI=1S/C17H19N3O2/c1-17(2,3)11-14(21)19-16-15(12-7-6-10-22-12)18-13-8-4-5-9-20(13)16/h4-10H,11H2,1-3H3,(H,19,21). The van der Waals surface area contributed by atoms with Crippen LogP contribution in [0.15, 0.2) is 47.2 Å². The Morgan fingerprint density at radius 1 is 1.27 bits per heavy atom. The molecule has 0 bridgehead atoms. The van der Waals surface area contributed by atoms with Gasteiger partial charge in [-0.15, -0.1) is 0 Å². The van der Waals surface area contributed by atoms with E-state index in [0.717, 1.165) is 5.65 Å². The zero-order valence-corrected chi connectivity index (χ0v) is 13.0. The first-order valence-electron chi connectivity index (χ1n) is 7.25. The van der Waals surface area contributed by atoms with E-state index in [9.17, 15) is 4.79 Å². The number of aromatic nitrogens is 2. The van der Waals surface area contributed by atoms with Crippen molar-refractivity contribution >= 4 is 17.4 Å². The Hall–Kier alpha value is -2.56. The maximum absolute atomic E-state index is 12.3. The highest BCUT2D eigenvalue weighted by atomic mass is 16.3. The summed E-state index contributed by atoms with van der Waals surface area (Å²) in [5.74, 6) is 1.24. The van der Waals surface area contributed by atoms with Crippen LogP contribution in [-0.2, 0) is 4.79 Å². The van der Waals surface area contributed by atoms with Gasteiger partial charge in [0.2, 0.25) is 5.91 Å². The predicted octanol–water partition coefficient (Wildman–Crippen LogP) is 3.97. The highest BCUT2D eigenvalue weighted by molar-refractivity contribution is 5.94. The zero-order chi connectivity index (χ0) is 15.7. The molecule has 114 valence electrons. The van der Waals surface area contributed by atoms with Gasteiger partial charge in [-0.2, -0.15) is 0 Å². The molecule has 5 heteroatoms.